The molecule has 0 aliphatic heterocycles. The van der Waals surface area contributed by atoms with E-state index in [4.69, 9.17) is 5.73 Å². The molecule has 2 unspecified atom stereocenters. The molecule has 2 aromatic rings. The van der Waals surface area contributed by atoms with Crippen LogP contribution in [-0.2, 0) is 9.59 Å². The van der Waals surface area contributed by atoms with E-state index in [1.54, 1.807) is 6.20 Å². The molecule has 100 valence electrons. The summed E-state index contributed by atoms with van der Waals surface area (Å²) >= 11 is 0. The van der Waals surface area contributed by atoms with Crippen molar-refractivity contribution in [1.29, 1.82) is 0 Å². The van der Waals surface area contributed by atoms with E-state index in [-0.39, 0.29) is 0 Å². The second-order valence-corrected chi connectivity index (χ2v) is 4.32. The molecule has 0 bridgehead atoms. The number of aliphatic hydroxyl groups excluding tert-OH is 1. The minimum absolute atomic E-state index is 0.428. The Hall–Kier alpha value is -2.34. The number of nitrogens with one attached hydrogen (secondary N) is 2. The number of hydrogen-bond acceptors (Lipinski definition) is 3. The highest BCUT2D eigenvalue weighted by atomic mass is 16.3. The smallest absolute Gasteiger partial charge is 0.243 e. The lowest BCUT2D eigenvalue weighted by Crippen LogP contribution is -2.47. The summed E-state index contributed by atoms with van der Waals surface area (Å²) in [5.41, 5.74) is 6.57. The van der Waals surface area contributed by atoms with Crippen LogP contribution in [0.2, 0.25) is 0 Å². The number of H-pyrrole nitrogens is 1. The van der Waals surface area contributed by atoms with Gasteiger partial charge < -0.3 is 21.1 Å². The second kappa shape index (κ2) is 5.11. The van der Waals surface area contributed by atoms with Crippen LogP contribution < -0.4 is 11.1 Å². The first kappa shape index (κ1) is 13.1. The van der Waals surface area contributed by atoms with E-state index in [0.717, 1.165) is 10.9 Å². The number of primary amides is 1. The lowest BCUT2D eigenvalue weighted by Gasteiger charge is -2.20. The molecule has 2 rings (SSSR count). The second-order valence-electron chi connectivity index (χ2n) is 4.32. The Morgan fingerprint density at radius 1 is 1.37 bits per heavy atom. The minimum Gasteiger partial charge on any atom is -0.386 e. The molecule has 5 N–H and O–H groups in total. The zero-order valence-corrected chi connectivity index (χ0v) is 10.4. The summed E-state index contributed by atoms with van der Waals surface area (Å²) in [5.74, 6) is -1.21. The zero-order chi connectivity index (χ0) is 14.0. The molecule has 0 aliphatic rings. The van der Waals surface area contributed by atoms with Gasteiger partial charge in [-0.3, -0.25) is 9.59 Å². The van der Waals surface area contributed by atoms with Crippen molar-refractivity contribution in [3.63, 3.8) is 0 Å². The van der Waals surface area contributed by atoms with Crippen molar-refractivity contribution < 1.29 is 14.7 Å². The SMILES string of the molecule is CC(=O)NC(C(N)=O)C(O)c1c[nH]c2ccccc12. The van der Waals surface area contributed by atoms with Crippen LogP contribution in [0, 0.1) is 0 Å². The fourth-order valence-corrected chi connectivity index (χ4v) is 2.04. The van der Waals surface area contributed by atoms with Gasteiger partial charge in [0.15, 0.2) is 0 Å². The van der Waals surface area contributed by atoms with Crippen LogP contribution in [0.25, 0.3) is 10.9 Å². The van der Waals surface area contributed by atoms with Gasteiger partial charge in [-0.2, -0.15) is 0 Å². The first-order valence-corrected chi connectivity index (χ1v) is 5.81. The number of aliphatic hydroxyl groups is 1. The van der Waals surface area contributed by atoms with Gasteiger partial charge in [0.05, 0.1) is 0 Å². The number of hydrogen-bond donors (Lipinski definition) is 4. The molecular formula is C13H15N3O3. The number of aromatic nitrogens is 1. The maximum absolute atomic E-state index is 11.3. The van der Waals surface area contributed by atoms with Gasteiger partial charge in [0.1, 0.15) is 12.1 Å². The number of nitrogens with two attached hydrogens (primary N) is 1. The van der Waals surface area contributed by atoms with Gasteiger partial charge in [0.2, 0.25) is 11.8 Å². The lowest BCUT2D eigenvalue weighted by atomic mass is 10.0. The van der Waals surface area contributed by atoms with Crippen LogP contribution in [0.15, 0.2) is 30.5 Å². The molecule has 1 aromatic carbocycles. The summed E-state index contributed by atoms with van der Waals surface area (Å²) < 4.78 is 0. The number of benzene rings is 1. The maximum Gasteiger partial charge on any atom is 0.243 e. The van der Waals surface area contributed by atoms with Crippen LogP contribution >= 0.6 is 0 Å². The Morgan fingerprint density at radius 3 is 2.68 bits per heavy atom. The third kappa shape index (κ3) is 2.58. The average Bonchev–Trinajstić information content (AvgIpc) is 2.78. The van der Waals surface area contributed by atoms with Crippen LogP contribution in [0.4, 0.5) is 0 Å². The van der Waals surface area contributed by atoms with Crippen molar-refractivity contribution in [1.82, 2.24) is 10.3 Å². The van der Waals surface area contributed by atoms with E-state index in [0.29, 0.717) is 5.56 Å². The Balaban J connectivity index is 2.38. The Morgan fingerprint density at radius 2 is 2.05 bits per heavy atom. The van der Waals surface area contributed by atoms with Crippen LogP contribution in [0.3, 0.4) is 0 Å². The van der Waals surface area contributed by atoms with Gasteiger partial charge in [-0.15, -0.1) is 0 Å². The third-order valence-corrected chi connectivity index (χ3v) is 2.92. The Bertz CT molecular complexity index is 620. The van der Waals surface area contributed by atoms with Crippen LogP contribution in [0.5, 0.6) is 0 Å². The largest absolute Gasteiger partial charge is 0.386 e. The summed E-state index contributed by atoms with van der Waals surface area (Å²) in [6, 6.07) is 6.19. The molecule has 0 radical (unpaired) electrons. The zero-order valence-electron chi connectivity index (χ0n) is 10.4. The van der Waals surface area contributed by atoms with E-state index < -0.39 is 24.0 Å². The predicted octanol–water partition coefficient (Wildman–Crippen LogP) is 0.191. The molecule has 1 heterocycles. The minimum atomic E-state index is -1.20. The van der Waals surface area contributed by atoms with Crippen LogP contribution in [0.1, 0.15) is 18.6 Å². The summed E-state index contributed by atoms with van der Waals surface area (Å²) in [6.45, 7) is 1.26. The van der Waals surface area contributed by atoms with E-state index in [1.807, 2.05) is 24.3 Å². The highest BCUT2D eigenvalue weighted by Gasteiger charge is 2.28. The standard InChI is InChI=1S/C13H15N3O3/c1-7(17)16-11(13(14)19)12(18)9-6-15-10-5-3-2-4-8(9)10/h2-6,11-12,15,18H,1H3,(H2,14,19)(H,16,17). The van der Waals surface area contributed by atoms with Gasteiger partial charge in [-0.1, -0.05) is 18.2 Å². The van der Waals surface area contributed by atoms with Crippen molar-refractivity contribution in [3.8, 4) is 0 Å². The number of rotatable bonds is 4. The lowest BCUT2D eigenvalue weighted by molar-refractivity contribution is -0.129. The molecule has 19 heavy (non-hydrogen) atoms. The molecule has 0 fully saturated rings. The highest BCUT2D eigenvalue weighted by molar-refractivity contribution is 5.89. The van der Waals surface area contributed by atoms with Gasteiger partial charge in [0.25, 0.3) is 0 Å². The van der Waals surface area contributed by atoms with E-state index in [9.17, 15) is 14.7 Å². The molecule has 0 saturated carbocycles. The molecule has 6 nitrogen and oxygen atoms in total. The van der Waals surface area contributed by atoms with Crippen molar-refractivity contribution in [2.75, 3.05) is 0 Å². The van der Waals surface area contributed by atoms with E-state index >= 15 is 0 Å². The number of carbonyl (C=O) groups is 2. The summed E-state index contributed by atoms with van der Waals surface area (Å²) in [4.78, 5) is 25.4. The molecular weight excluding hydrogens is 246 g/mol. The topological polar surface area (TPSA) is 108 Å². The van der Waals surface area contributed by atoms with Crippen molar-refractivity contribution in [3.05, 3.63) is 36.0 Å². The number of carbonyl (C=O) groups excluding carboxylic acids is 2. The average molecular weight is 261 g/mol. The highest BCUT2D eigenvalue weighted by Crippen LogP contribution is 2.26. The Labute approximate surface area is 109 Å². The maximum atomic E-state index is 11.3. The predicted molar refractivity (Wildman–Crippen MR) is 70.1 cm³/mol. The summed E-state index contributed by atoms with van der Waals surface area (Å²) in [5, 5.41) is 13.4. The molecule has 1 aromatic heterocycles. The summed E-state index contributed by atoms with van der Waals surface area (Å²) in [7, 11) is 0. The quantitative estimate of drug-likeness (QED) is 0.631. The van der Waals surface area contributed by atoms with Gasteiger partial charge in [-0.25, -0.2) is 0 Å². The molecule has 0 aliphatic carbocycles. The van der Waals surface area contributed by atoms with Gasteiger partial charge in [0, 0.05) is 29.6 Å². The monoisotopic (exact) mass is 261 g/mol. The Kier molecular flexibility index (Phi) is 3.52. The number of amides is 2. The first-order chi connectivity index (χ1) is 9.00. The molecule has 6 heteroatoms. The molecule has 2 atom stereocenters. The number of para-hydroxylation sites is 1. The van der Waals surface area contributed by atoms with E-state index in [1.165, 1.54) is 6.92 Å². The van der Waals surface area contributed by atoms with Crippen LogP contribution in [-0.4, -0.2) is 27.9 Å². The van der Waals surface area contributed by atoms with Crippen molar-refractivity contribution in [2.45, 2.75) is 19.1 Å². The normalized spacial score (nSPS) is 14.0. The van der Waals surface area contributed by atoms with Gasteiger partial charge >= 0.3 is 0 Å². The van der Waals surface area contributed by atoms with Gasteiger partial charge in [-0.05, 0) is 6.07 Å². The third-order valence-electron chi connectivity index (χ3n) is 2.92. The molecule has 0 spiro atoms. The number of aromatic amines is 1. The summed E-state index contributed by atoms with van der Waals surface area (Å²) in [6.07, 6.45) is 0.408. The van der Waals surface area contributed by atoms with Crippen molar-refractivity contribution in [2.24, 2.45) is 5.73 Å². The van der Waals surface area contributed by atoms with Crippen molar-refractivity contribution >= 4 is 22.7 Å². The fourth-order valence-electron chi connectivity index (χ4n) is 2.04. The first-order valence-electron chi connectivity index (χ1n) is 5.81. The van der Waals surface area contributed by atoms with E-state index in [2.05, 4.69) is 10.3 Å². The molecule has 2 amide bonds. The molecule has 0 saturated heterocycles. The fraction of sp³-hybridized carbons (Fsp3) is 0.231. The number of fused-ring (bicyclic) bond motifs is 1.